The van der Waals surface area contributed by atoms with Crippen LogP contribution in [0.3, 0.4) is 0 Å². The third-order valence-corrected chi connectivity index (χ3v) is 3.21. The van der Waals surface area contributed by atoms with Crippen LogP contribution in [0, 0.1) is 6.92 Å². The number of nitrogen functional groups attached to an aromatic ring is 1. The van der Waals surface area contributed by atoms with Gasteiger partial charge in [-0.2, -0.15) is 0 Å². The van der Waals surface area contributed by atoms with Crippen LogP contribution in [-0.2, 0) is 0 Å². The number of benzene rings is 1. The Kier molecular flexibility index (Phi) is 1.90. The number of aromatic nitrogens is 4. The summed E-state index contributed by atoms with van der Waals surface area (Å²) in [5.41, 5.74) is 9.16. The van der Waals surface area contributed by atoms with Crippen molar-refractivity contribution in [1.82, 2.24) is 19.6 Å². The van der Waals surface area contributed by atoms with E-state index in [9.17, 15) is 0 Å². The molecule has 0 bridgehead atoms. The highest BCUT2D eigenvalue weighted by atomic mass is 32.1. The molecule has 5 nitrogen and oxygen atoms in total. The van der Waals surface area contributed by atoms with Gasteiger partial charge in [-0.25, -0.2) is 4.98 Å². The van der Waals surface area contributed by atoms with Crippen LogP contribution in [0.5, 0.6) is 0 Å². The number of aromatic amines is 1. The van der Waals surface area contributed by atoms with Gasteiger partial charge in [-0.1, -0.05) is 4.49 Å². The Morgan fingerprint density at radius 1 is 1.38 bits per heavy atom. The number of hydrogen-bond acceptors (Lipinski definition) is 5. The van der Waals surface area contributed by atoms with E-state index in [2.05, 4.69) is 19.6 Å². The summed E-state index contributed by atoms with van der Waals surface area (Å²) in [5.74, 6) is 0.799. The third kappa shape index (κ3) is 1.35. The van der Waals surface area contributed by atoms with Crippen molar-refractivity contribution in [2.24, 2.45) is 0 Å². The monoisotopic (exact) mass is 231 g/mol. The maximum Gasteiger partial charge on any atom is 0.152 e. The van der Waals surface area contributed by atoms with E-state index in [4.69, 9.17) is 5.73 Å². The zero-order valence-corrected chi connectivity index (χ0v) is 9.38. The molecule has 1 aromatic carbocycles. The summed E-state index contributed by atoms with van der Waals surface area (Å²) in [6.45, 7) is 1.92. The topological polar surface area (TPSA) is 80.5 Å². The Morgan fingerprint density at radius 2 is 2.25 bits per heavy atom. The van der Waals surface area contributed by atoms with Crippen molar-refractivity contribution >= 4 is 28.3 Å². The molecular formula is C10H9N5S. The summed E-state index contributed by atoms with van der Waals surface area (Å²) in [4.78, 5) is 8.66. The lowest BCUT2D eigenvalue weighted by Gasteiger charge is -1.90. The highest BCUT2D eigenvalue weighted by Crippen LogP contribution is 2.25. The second kappa shape index (κ2) is 3.28. The van der Waals surface area contributed by atoms with Gasteiger partial charge in [0, 0.05) is 5.69 Å². The second-order valence-electron chi connectivity index (χ2n) is 3.55. The van der Waals surface area contributed by atoms with Gasteiger partial charge in [0.1, 0.15) is 4.88 Å². The summed E-state index contributed by atoms with van der Waals surface area (Å²) < 4.78 is 3.89. The van der Waals surface area contributed by atoms with E-state index in [0.29, 0.717) is 0 Å². The van der Waals surface area contributed by atoms with Crippen LogP contribution < -0.4 is 5.73 Å². The number of nitrogens with zero attached hydrogens (tertiary/aromatic N) is 3. The summed E-state index contributed by atoms with van der Waals surface area (Å²) in [6.07, 6.45) is 0. The van der Waals surface area contributed by atoms with Crippen molar-refractivity contribution in [2.75, 3.05) is 5.73 Å². The molecule has 0 atom stereocenters. The highest BCUT2D eigenvalue weighted by molar-refractivity contribution is 7.09. The number of aryl methyl sites for hydroxylation is 1. The number of imidazole rings is 1. The van der Waals surface area contributed by atoms with Crippen molar-refractivity contribution in [3.8, 4) is 10.7 Å². The summed E-state index contributed by atoms with van der Waals surface area (Å²) in [6, 6.07) is 5.61. The number of nitrogens with one attached hydrogen (secondary N) is 1. The van der Waals surface area contributed by atoms with Crippen LogP contribution in [0.25, 0.3) is 21.7 Å². The predicted octanol–water partition coefficient (Wildman–Crippen LogP) is 1.97. The second-order valence-corrected chi connectivity index (χ2v) is 4.30. The van der Waals surface area contributed by atoms with E-state index < -0.39 is 0 Å². The molecule has 0 fully saturated rings. The molecule has 0 saturated heterocycles. The third-order valence-electron chi connectivity index (χ3n) is 2.37. The minimum Gasteiger partial charge on any atom is -0.399 e. The van der Waals surface area contributed by atoms with Crippen molar-refractivity contribution in [2.45, 2.75) is 6.92 Å². The zero-order valence-electron chi connectivity index (χ0n) is 8.56. The number of H-pyrrole nitrogens is 1. The minimum atomic E-state index is 0.724. The van der Waals surface area contributed by atoms with E-state index in [1.807, 2.05) is 25.1 Å². The molecule has 0 amide bonds. The first kappa shape index (κ1) is 9.29. The number of anilines is 1. The van der Waals surface area contributed by atoms with E-state index in [1.165, 1.54) is 11.5 Å². The number of fused-ring (bicyclic) bond motifs is 1. The molecule has 6 heteroatoms. The molecule has 2 aromatic heterocycles. The van der Waals surface area contributed by atoms with Gasteiger partial charge >= 0.3 is 0 Å². The first-order valence-electron chi connectivity index (χ1n) is 4.78. The maximum absolute atomic E-state index is 5.71. The summed E-state index contributed by atoms with van der Waals surface area (Å²) in [7, 11) is 0. The number of nitrogens with two attached hydrogens (primary N) is 1. The first-order valence-corrected chi connectivity index (χ1v) is 5.56. The molecule has 0 aliphatic rings. The standard InChI is InChI=1S/C10H9N5S/c1-5-9(16-15-14-5)10-12-7-3-2-6(11)4-8(7)13-10/h2-4H,11H2,1H3,(H,12,13). The number of rotatable bonds is 1. The molecule has 3 N–H and O–H groups in total. The van der Waals surface area contributed by atoms with Crippen LogP contribution in [0.15, 0.2) is 18.2 Å². The highest BCUT2D eigenvalue weighted by Gasteiger charge is 2.11. The van der Waals surface area contributed by atoms with Crippen molar-refractivity contribution < 1.29 is 0 Å². The van der Waals surface area contributed by atoms with Crippen LogP contribution >= 0.6 is 11.5 Å². The Bertz CT molecular complexity index is 654. The Balaban J connectivity index is 2.23. The number of hydrogen-bond donors (Lipinski definition) is 2. The fourth-order valence-electron chi connectivity index (χ4n) is 1.58. The average Bonchev–Trinajstić information content (AvgIpc) is 2.82. The van der Waals surface area contributed by atoms with Crippen LogP contribution in [0.1, 0.15) is 5.69 Å². The van der Waals surface area contributed by atoms with Crippen LogP contribution in [-0.4, -0.2) is 19.6 Å². The van der Waals surface area contributed by atoms with Crippen molar-refractivity contribution in [3.63, 3.8) is 0 Å². The average molecular weight is 231 g/mol. The fraction of sp³-hybridized carbons (Fsp3) is 0.100. The lowest BCUT2D eigenvalue weighted by Crippen LogP contribution is -1.82. The lowest BCUT2D eigenvalue weighted by molar-refractivity contribution is 1.09. The van der Waals surface area contributed by atoms with Crippen molar-refractivity contribution in [3.05, 3.63) is 23.9 Å². The Hall–Kier alpha value is -1.95. The van der Waals surface area contributed by atoms with Crippen molar-refractivity contribution in [1.29, 1.82) is 0 Å². The van der Waals surface area contributed by atoms with E-state index in [1.54, 1.807) is 0 Å². The molecule has 16 heavy (non-hydrogen) atoms. The summed E-state index contributed by atoms with van der Waals surface area (Å²) in [5, 5.41) is 3.96. The van der Waals surface area contributed by atoms with Crippen LogP contribution in [0.4, 0.5) is 5.69 Å². The molecule has 0 radical (unpaired) electrons. The molecular weight excluding hydrogens is 222 g/mol. The molecule has 0 aliphatic carbocycles. The Labute approximate surface area is 95.5 Å². The van der Waals surface area contributed by atoms with Gasteiger partial charge < -0.3 is 10.7 Å². The maximum atomic E-state index is 5.71. The first-order chi connectivity index (χ1) is 7.74. The SMILES string of the molecule is Cc1nnsc1-c1nc2ccc(N)cc2[nH]1. The molecule has 0 unspecified atom stereocenters. The predicted molar refractivity (Wildman–Crippen MR) is 64.1 cm³/mol. The van der Waals surface area contributed by atoms with Gasteiger partial charge in [-0.3, -0.25) is 0 Å². The van der Waals surface area contributed by atoms with E-state index >= 15 is 0 Å². The van der Waals surface area contributed by atoms with Gasteiger partial charge in [0.2, 0.25) is 0 Å². The molecule has 0 saturated carbocycles. The molecule has 2 heterocycles. The van der Waals surface area contributed by atoms with Gasteiger partial charge in [-0.15, -0.1) is 5.10 Å². The fourth-order valence-corrected chi connectivity index (χ4v) is 2.18. The molecule has 0 spiro atoms. The largest absolute Gasteiger partial charge is 0.399 e. The smallest absolute Gasteiger partial charge is 0.152 e. The normalized spacial score (nSPS) is 11.1. The van der Waals surface area contributed by atoms with E-state index in [0.717, 1.165) is 33.1 Å². The quantitative estimate of drug-likeness (QED) is 0.627. The van der Waals surface area contributed by atoms with Gasteiger partial charge in [0.15, 0.2) is 5.82 Å². The molecule has 3 aromatic rings. The van der Waals surface area contributed by atoms with Gasteiger partial charge in [0.05, 0.1) is 16.7 Å². The van der Waals surface area contributed by atoms with E-state index in [-0.39, 0.29) is 0 Å². The zero-order chi connectivity index (χ0) is 11.1. The van der Waals surface area contributed by atoms with Gasteiger partial charge in [0.25, 0.3) is 0 Å². The van der Waals surface area contributed by atoms with Gasteiger partial charge in [-0.05, 0) is 36.7 Å². The molecule has 3 rings (SSSR count). The molecule has 80 valence electrons. The lowest BCUT2D eigenvalue weighted by atomic mass is 10.3. The summed E-state index contributed by atoms with van der Waals surface area (Å²) >= 11 is 1.34. The van der Waals surface area contributed by atoms with Crippen LogP contribution in [0.2, 0.25) is 0 Å². The Morgan fingerprint density at radius 3 is 3.00 bits per heavy atom. The minimum absolute atomic E-state index is 0.724. The molecule has 0 aliphatic heterocycles.